The second kappa shape index (κ2) is 13.8. The Morgan fingerprint density at radius 2 is 1.43 bits per heavy atom. The molecule has 4 aromatic rings. The Morgan fingerprint density at radius 1 is 0.913 bits per heavy atom. The number of ether oxygens (including phenoxy) is 1. The second-order valence-electron chi connectivity index (χ2n) is 11.9. The minimum atomic E-state index is -3.68. The topological polar surface area (TPSA) is 123 Å². The van der Waals surface area contributed by atoms with Gasteiger partial charge >= 0.3 is 12.6 Å². The molecule has 46 heavy (non-hydrogen) atoms. The summed E-state index contributed by atoms with van der Waals surface area (Å²) in [6.07, 6.45) is 1.42. The van der Waals surface area contributed by atoms with Crippen LogP contribution in [0.2, 0.25) is 0 Å². The number of aryl methyl sites for hydroxylation is 1. The van der Waals surface area contributed by atoms with Crippen LogP contribution in [0.5, 0.6) is 0 Å². The van der Waals surface area contributed by atoms with Crippen molar-refractivity contribution in [3.8, 4) is 0 Å². The van der Waals surface area contributed by atoms with Crippen LogP contribution in [-0.4, -0.2) is 64.1 Å². The molecule has 0 saturated carbocycles. The first-order valence-electron chi connectivity index (χ1n) is 15.5. The van der Waals surface area contributed by atoms with Gasteiger partial charge in [0.15, 0.2) is 6.23 Å². The fourth-order valence-electron chi connectivity index (χ4n) is 6.60. The maximum atomic E-state index is 13.6. The summed E-state index contributed by atoms with van der Waals surface area (Å²) in [6, 6.07) is 30.7. The summed E-state index contributed by atoms with van der Waals surface area (Å²) >= 11 is 6.57. The molecule has 0 aliphatic carbocycles. The van der Waals surface area contributed by atoms with Crippen molar-refractivity contribution in [3.05, 3.63) is 140 Å². The third kappa shape index (κ3) is 6.57. The summed E-state index contributed by atoms with van der Waals surface area (Å²) in [5, 5.41) is 0. The number of benzene rings is 3. The smallest absolute Gasteiger partial charge is 0.350 e. The summed E-state index contributed by atoms with van der Waals surface area (Å²) in [5.41, 5.74) is 7.63. The van der Waals surface area contributed by atoms with Gasteiger partial charge in [0, 0.05) is 44.0 Å². The van der Waals surface area contributed by atoms with E-state index in [2.05, 4.69) is 46.3 Å². The third-order valence-electron chi connectivity index (χ3n) is 8.93. The van der Waals surface area contributed by atoms with E-state index in [1.807, 2.05) is 54.6 Å². The predicted octanol–water partition coefficient (Wildman–Crippen LogP) is 4.82. The van der Waals surface area contributed by atoms with Crippen molar-refractivity contribution < 1.29 is 13.8 Å². The van der Waals surface area contributed by atoms with Gasteiger partial charge in [0.25, 0.3) is 5.56 Å². The lowest BCUT2D eigenvalue weighted by molar-refractivity contribution is -0.148. The van der Waals surface area contributed by atoms with Gasteiger partial charge in [-0.25, -0.2) is 9.46 Å². The van der Waals surface area contributed by atoms with Crippen LogP contribution in [0, 0.1) is 6.92 Å². The molecule has 0 spiro atoms. The number of nitrogens with zero attached hydrogens (tertiary/aromatic N) is 3. The average Bonchev–Trinajstić information content (AvgIpc) is 3.07. The SMILES string of the molecule is Cc1cn([C@H]2CN(C(c3ccccc3)(c3ccccc3)c3ccccc3)CC(COP(=O)(Cl)N3CCC(N)CC3)O2)c(=O)[nH]c1=O. The van der Waals surface area contributed by atoms with Gasteiger partial charge in [0.2, 0.25) is 0 Å². The van der Waals surface area contributed by atoms with Gasteiger partial charge in [-0.05, 0) is 47.7 Å². The zero-order valence-electron chi connectivity index (χ0n) is 25.7. The molecular weight excluding hydrogens is 625 g/mol. The summed E-state index contributed by atoms with van der Waals surface area (Å²) in [4.78, 5) is 30.2. The zero-order chi connectivity index (χ0) is 32.3. The lowest BCUT2D eigenvalue weighted by atomic mass is 9.75. The third-order valence-corrected chi connectivity index (χ3v) is 11.4. The monoisotopic (exact) mass is 663 g/mol. The van der Waals surface area contributed by atoms with Gasteiger partial charge in [0.1, 0.15) is 0 Å². The van der Waals surface area contributed by atoms with E-state index in [-0.39, 0.29) is 19.2 Å². The van der Waals surface area contributed by atoms with Crippen molar-refractivity contribution in [1.82, 2.24) is 19.1 Å². The average molecular weight is 664 g/mol. The molecular formula is C34H39ClN5O5P. The Labute approximate surface area is 273 Å². The predicted molar refractivity (Wildman–Crippen MR) is 179 cm³/mol. The molecule has 3 heterocycles. The van der Waals surface area contributed by atoms with E-state index in [9.17, 15) is 14.2 Å². The molecule has 0 bridgehead atoms. The van der Waals surface area contributed by atoms with Gasteiger partial charge < -0.3 is 15.0 Å². The highest BCUT2D eigenvalue weighted by Crippen LogP contribution is 2.57. The van der Waals surface area contributed by atoms with E-state index in [4.69, 9.17) is 26.2 Å². The molecule has 2 fully saturated rings. The number of rotatable bonds is 9. The number of aromatic nitrogens is 2. The Kier molecular flexibility index (Phi) is 9.77. The van der Waals surface area contributed by atoms with Crippen LogP contribution in [0.15, 0.2) is 107 Å². The highest BCUT2D eigenvalue weighted by atomic mass is 35.7. The van der Waals surface area contributed by atoms with E-state index in [0.717, 1.165) is 16.7 Å². The molecule has 12 heteroatoms. The van der Waals surface area contributed by atoms with Crippen LogP contribution in [0.3, 0.4) is 0 Å². The maximum absolute atomic E-state index is 13.6. The van der Waals surface area contributed by atoms with Crippen LogP contribution in [0.1, 0.15) is 41.3 Å². The number of piperidine rings is 1. The Hall–Kier alpha value is -3.34. The molecule has 6 rings (SSSR count). The second-order valence-corrected chi connectivity index (χ2v) is 15.0. The van der Waals surface area contributed by atoms with E-state index in [0.29, 0.717) is 38.0 Å². The minimum Gasteiger partial charge on any atom is -0.350 e. The minimum absolute atomic E-state index is 0.0464. The Balaban J connectivity index is 1.46. The first-order valence-corrected chi connectivity index (χ1v) is 18.0. The fourth-order valence-corrected chi connectivity index (χ4v) is 8.45. The number of morpholine rings is 1. The molecule has 1 aromatic heterocycles. The normalized spacial score (nSPS) is 21.5. The van der Waals surface area contributed by atoms with Crippen LogP contribution < -0.4 is 17.0 Å². The van der Waals surface area contributed by atoms with Crippen molar-refractivity contribution in [3.63, 3.8) is 0 Å². The van der Waals surface area contributed by atoms with Gasteiger partial charge in [-0.3, -0.25) is 23.8 Å². The molecule has 3 N–H and O–H groups in total. The molecule has 3 atom stereocenters. The summed E-state index contributed by atoms with van der Waals surface area (Å²) in [6.45, 7) is -0.517. The largest absolute Gasteiger partial charge is 0.363 e. The van der Waals surface area contributed by atoms with Crippen molar-refractivity contribution in [2.24, 2.45) is 5.73 Å². The quantitative estimate of drug-likeness (QED) is 0.193. The van der Waals surface area contributed by atoms with Gasteiger partial charge in [-0.1, -0.05) is 91.0 Å². The van der Waals surface area contributed by atoms with Crippen molar-refractivity contribution in [2.45, 2.75) is 43.7 Å². The first kappa shape index (κ1) is 32.6. The Morgan fingerprint density at radius 3 is 1.96 bits per heavy atom. The number of nitrogens with one attached hydrogen (secondary N) is 1. The van der Waals surface area contributed by atoms with Crippen LogP contribution in [0.4, 0.5) is 0 Å². The van der Waals surface area contributed by atoms with Crippen LogP contribution in [0.25, 0.3) is 0 Å². The lowest BCUT2D eigenvalue weighted by Gasteiger charge is -2.50. The van der Waals surface area contributed by atoms with E-state index in [1.54, 1.807) is 11.6 Å². The first-order chi connectivity index (χ1) is 22.2. The number of hydrogen-bond donors (Lipinski definition) is 2. The Bertz CT molecular complexity index is 1680. The standard InChI is InChI=1S/C34H39ClN5O5P/c1-25-21-40(33(42)37-32(25)41)31-23-38(22-30(45-31)24-44-46(35,43)39-19-17-29(36)18-20-39)34(26-11-5-2-6-12-26,27-13-7-3-8-14-27)28-15-9-4-10-16-28/h2-16,21,29-31H,17-20,22-24,36H2,1H3,(H,37,41,42)/t30?,31-,46?/m1/s1. The van der Waals surface area contributed by atoms with E-state index in [1.165, 1.54) is 10.8 Å². The number of aromatic amines is 1. The maximum Gasteiger partial charge on any atom is 0.363 e. The number of halogens is 1. The lowest BCUT2D eigenvalue weighted by Crippen LogP contribution is -2.58. The summed E-state index contributed by atoms with van der Waals surface area (Å²) in [7, 11) is 0. The molecule has 3 aromatic carbocycles. The fraction of sp³-hybridized carbons (Fsp3) is 0.353. The van der Waals surface area contributed by atoms with Crippen molar-refractivity contribution in [1.29, 1.82) is 0 Å². The highest BCUT2D eigenvalue weighted by molar-refractivity contribution is 7.83. The zero-order valence-corrected chi connectivity index (χ0v) is 27.4. The molecule has 242 valence electrons. The van der Waals surface area contributed by atoms with Crippen LogP contribution >= 0.6 is 18.1 Å². The summed E-state index contributed by atoms with van der Waals surface area (Å²) in [5.74, 6) is 0. The molecule has 2 unspecified atom stereocenters. The summed E-state index contributed by atoms with van der Waals surface area (Å²) < 4.78 is 29.2. The number of hydrogen-bond acceptors (Lipinski definition) is 7. The van der Waals surface area contributed by atoms with Crippen LogP contribution in [-0.2, 0) is 19.4 Å². The molecule has 2 aliphatic heterocycles. The van der Waals surface area contributed by atoms with Crippen molar-refractivity contribution in [2.75, 3.05) is 32.8 Å². The van der Waals surface area contributed by atoms with E-state index >= 15 is 0 Å². The van der Waals surface area contributed by atoms with Gasteiger partial charge in [-0.2, -0.15) is 0 Å². The number of nitrogens with two attached hydrogens (primary N) is 1. The highest BCUT2D eigenvalue weighted by Gasteiger charge is 2.47. The van der Waals surface area contributed by atoms with Crippen molar-refractivity contribution >= 4 is 18.1 Å². The molecule has 0 radical (unpaired) electrons. The molecule has 2 saturated heterocycles. The van der Waals surface area contributed by atoms with E-state index < -0.39 is 36.0 Å². The van der Waals surface area contributed by atoms with Gasteiger partial charge in [-0.15, -0.1) is 0 Å². The van der Waals surface area contributed by atoms with Gasteiger partial charge in [0.05, 0.1) is 18.2 Å². The molecule has 10 nitrogen and oxygen atoms in total. The number of H-pyrrole nitrogens is 1. The molecule has 0 amide bonds. The molecule has 2 aliphatic rings.